The zero-order chi connectivity index (χ0) is 10.7. The number of pyridine rings is 1. The molecular formula is C12H18N2S. The first-order valence-electron chi connectivity index (χ1n) is 5.56. The van der Waals surface area contributed by atoms with Crippen LogP contribution >= 0.6 is 11.8 Å². The second-order valence-corrected chi connectivity index (χ2v) is 5.07. The minimum atomic E-state index is 0.645. The van der Waals surface area contributed by atoms with Crippen LogP contribution in [0.1, 0.15) is 26.2 Å². The standard InChI is InChI=1S/C12H18N2S/c1-9-4-3-5-11(9)14-10-6-7-12(15-2)13-8-10/h6-9,11,14H,3-5H2,1-2H3. The van der Waals surface area contributed by atoms with Crippen molar-refractivity contribution in [3.8, 4) is 0 Å². The second kappa shape index (κ2) is 4.88. The Morgan fingerprint density at radius 2 is 2.27 bits per heavy atom. The van der Waals surface area contributed by atoms with Crippen molar-refractivity contribution in [2.24, 2.45) is 5.92 Å². The SMILES string of the molecule is CSc1ccc(NC2CCCC2C)cn1. The van der Waals surface area contributed by atoms with Crippen LogP contribution in [0.25, 0.3) is 0 Å². The van der Waals surface area contributed by atoms with Crippen LogP contribution in [0.3, 0.4) is 0 Å². The average molecular weight is 222 g/mol. The van der Waals surface area contributed by atoms with E-state index in [1.165, 1.54) is 19.3 Å². The van der Waals surface area contributed by atoms with Crippen LogP contribution in [-0.2, 0) is 0 Å². The van der Waals surface area contributed by atoms with Crippen molar-refractivity contribution < 1.29 is 0 Å². The van der Waals surface area contributed by atoms with Gasteiger partial charge in [-0.3, -0.25) is 0 Å². The van der Waals surface area contributed by atoms with E-state index in [0.717, 1.165) is 16.6 Å². The highest BCUT2D eigenvalue weighted by molar-refractivity contribution is 7.98. The fraction of sp³-hybridized carbons (Fsp3) is 0.583. The van der Waals surface area contributed by atoms with Gasteiger partial charge in [-0.05, 0) is 37.1 Å². The van der Waals surface area contributed by atoms with Crippen molar-refractivity contribution >= 4 is 17.4 Å². The lowest BCUT2D eigenvalue weighted by Crippen LogP contribution is -2.21. The number of anilines is 1. The molecular weight excluding hydrogens is 204 g/mol. The molecule has 0 saturated heterocycles. The van der Waals surface area contributed by atoms with Gasteiger partial charge in [0.1, 0.15) is 0 Å². The van der Waals surface area contributed by atoms with Gasteiger partial charge in [0.2, 0.25) is 0 Å². The van der Waals surface area contributed by atoms with Gasteiger partial charge in [0.05, 0.1) is 16.9 Å². The molecule has 15 heavy (non-hydrogen) atoms. The van der Waals surface area contributed by atoms with Gasteiger partial charge in [-0.15, -0.1) is 11.8 Å². The van der Waals surface area contributed by atoms with Crippen LogP contribution in [0.2, 0.25) is 0 Å². The Balaban J connectivity index is 1.98. The molecule has 0 radical (unpaired) electrons. The van der Waals surface area contributed by atoms with Gasteiger partial charge >= 0.3 is 0 Å². The Morgan fingerprint density at radius 3 is 2.80 bits per heavy atom. The fourth-order valence-electron chi connectivity index (χ4n) is 2.16. The fourth-order valence-corrected chi connectivity index (χ4v) is 2.52. The smallest absolute Gasteiger partial charge is 0.0958 e. The summed E-state index contributed by atoms with van der Waals surface area (Å²) in [5.41, 5.74) is 1.16. The molecule has 1 aromatic rings. The lowest BCUT2D eigenvalue weighted by molar-refractivity contribution is 0.556. The zero-order valence-corrected chi connectivity index (χ0v) is 10.2. The van der Waals surface area contributed by atoms with E-state index in [4.69, 9.17) is 0 Å². The Hall–Kier alpha value is -0.700. The highest BCUT2D eigenvalue weighted by Crippen LogP contribution is 2.28. The summed E-state index contributed by atoms with van der Waals surface area (Å²) in [5, 5.41) is 4.65. The van der Waals surface area contributed by atoms with Gasteiger partial charge in [-0.25, -0.2) is 4.98 Å². The average Bonchev–Trinajstić information content (AvgIpc) is 2.66. The predicted molar refractivity (Wildman–Crippen MR) is 66.4 cm³/mol. The topological polar surface area (TPSA) is 24.9 Å². The van der Waals surface area contributed by atoms with Crippen LogP contribution in [0, 0.1) is 5.92 Å². The number of aromatic nitrogens is 1. The van der Waals surface area contributed by atoms with E-state index >= 15 is 0 Å². The largest absolute Gasteiger partial charge is 0.381 e. The molecule has 1 fully saturated rings. The second-order valence-electron chi connectivity index (χ2n) is 4.25. The summed E-state index contributed by atoms with van der Waals surface area (Å²) >= 11 is 1.68. The number of nitrogens with zero attached hydrogens (tertiary/aromatic N) is 1. The molecule has 1 saturated carbocycles. The van der Waals surface area contributed by atoms with Crippen molar-refractivity contribution in [3.63, 3.8) is 0 Å². The first-order valence-corrected chi connectivity index (χ1v) is 6.78. The molecule has 3 heteroatoms. The van der Waals surface area contributed by atoms with Crippen LogP contribution in [0.5, 0.6) is 0 Å². The first-order chi connectivity index (χ1) is 7.29. The first kappa shape index (κ1) is 10.8. The Bertz CT molecular complexity index is 310. The van der Waals surface area contributed by atoms with Crippen molar-refractivity contribution in [3.05, 3.63) is 18.3 Å². The van der Waals surface area contributed by atoms with Crippen LogP contribution in [-0.4, -0.2) is 17.3 Å². The van der Waals surface area contributed by atoms with E-state index in [1.54, 1.807) is 11.8 Å². The van der Waals surface area contributed by atoms with Gasteiger partial charge in [-0.2, -0.15) is 0 Å². The summed E-state index contributed by atoms with van der Waals surface area (Å²) in [5.74, 6) is 0.797. The molecule has 0 bridgehead atoms. The van der Waals surface area contributed by atoms with Crippen molar-refractivity contribution in [1.29, 1.82) is 0 Å². The molecule has 2 nitrogen and oxygen atoms in total. The third kappa shape index (κ3) is 2.65. The van der Waals surface area contributed by atoms with Crippen molar-refractivity contribution in [2.45, 2.75) is 37.3 Å². The molecule has 82 valence electrons. The van der Waals surface area contributed by atoms with E-state index in [0.29, 0.717) is 6.04 Å². The van der Waals surface area contributed by atoms with E-state index < -0.39 is 0 Å². The summed E-state index contributed by atoms with van der Waals surface area (Å²) < 4.78 is 0. The molecule has 1 N–H and O–H groups in total. The summed E-state index contributed by atoms with van der Waals surface area (Å²) in [6, 6.07) is 4.85. The molecule has 0 amide bonds. The van der Waals surface area contributed by atoms with Gasteiger partial charge in [0.25, 0.3) is 0 Å². The third-order valence-corrected chi connectivity index (χ3v) is 3.82. The Labute approximate surface area is 95.9 Å². The summed E-state index contributed by atoms with van der Waals surface area (Å²) in [7, 11) is 0. The minimum absolute atomic E-state index is 0.645. The molecule has 1 aliphatic rings. The van der Waals surface area contributed by atoms with E-state index in [9.17, 15) is 0 Å². The third-order valence-electron chi connectivity index (χ3n) is 3.16. The Morgan fingerprint density at radius 1 is 1.40 bits per heavy atom. The monoisotopic (exact) mass is 222 g/mol. The minimum Gasteiger partial charge on any atom is -0.381 e. The van der Waals surface area contributed by atoms with Crippen LogP contribution in [0.15, 0.2) is 23.4 Å². The van der Waals surface area contributed by atoms with Crippen molar-refractivity contribution in [2.75, 3.05) is 11.6 Å². The Kier molecular flexibility index (Phi) is 3.52. The molecule has 1 heterocycles. The molecule has 2 atom stereocenters. The summed E-state index contributed by atoms with van der Waals surface area (Å²) in [6.45, 7) is 2.33. The number of hydrogen-bond acceptors (Lipinski definition) is 3. The highest BCUT2D eigenvalue weighted by Gasteiger charge is 2.22. The van der Waals surface area contributed by atoms with Gasteiger partial charge in [0.15, 0.2) is 0 Å². The molecule has 2 rings (SSSR count). The molecule has 1 aliphatic carbocycles. The summed E-state index contributed by atoms with van der Waals surface area (Å²) in [6.07, 6.45) is 8.00. The van der Waals surface area contributed by atoms with E-state index in [-0.39, 0.29) is 0 Å². The highest BCUT2D eigenvalue weighted by atomic mass is 32.2. The van der Waals surface area contributed by atoms with Gasteiger partial charge < -0.3 is 5.32 Å². The van der Waals surface area contributed by atoms with Crippen LogP contribution in [0.4, 0.5) is 5.69 Å². The molecule has 0 aromatic carbocycles. The van der Waals surface area contributed by atoms with E-state index in [2.05, 4.69) is 35.6 Å². The number of hydrogen-bond donors (Lipinski definition) is 1. The van der Waals surface area contributed by atoms with E-state index in [1.807, 2.05) is 6.20 Å². The maximum atomic E-state index is 4.36. The number of nitrogens with one attached hydrogen (secondary N) is 1. The van der Waals surface area contributed by atoms with Gasteiger partial charge in [-0.1, -0.05) is 13.3 Å². The molecule has 1 aromatic heterocycles. The van der Waals surface area contributed by atoms with Gasteiger partial charge in [0, 0.05) is 6.04 Å². The van der Waals surface area contributed by atoms with Crippen LogP contribution < -0.4 is 5.32 Å². The quantitative estimate of drug-likeness (QED) is 0.793. The number of rotatable bonds is 3. The lowest BCUT2D eigenvalue weighted by atomic mass is 10.1. The lowest BCUT2D eigenvalue weighted by Gasteiger charge is -2.18. The maximum absolute atomic E-state index is 4.36. The van der Waals surface area contributed by atoms with Crippen molar-refractivity contribution in [1.82, 2.24) is 4.98 Å². The number of thioether (sulfide) groups is 1. The normalized spacial score (nSPS) is 25.5. The molecule has 0 aliphatic heterocycles. The predicted octanol–water partition coefficient (Wildman–Crippen LogP) is 3.40. The maximum Gasteiger partial charge on any atom is 0.0958 e. The molecule has 2 unspecified atom stereocenters. The molecule has 0 spiro atoms. The summed E-state index contributed by atoms with van der Waals surface area (Å²) in [4.78, 5) is 4.36. The zero-order valence-electron chi connectivity index (χ0n) is 9.36.